The summed E-state index contributed by atoms with van der Waals surface area (Å²) >= 11 is 0. The molecule has 0 saturated carbocycles. The van der Waals surface area contributed by atoms with E-state index in [1.165, 1.54) is 24.3 Å². The van der Waals surface area contributed by atoms with E-state index < -0.39 is 11.7 Å². The second-order valence-electron chi connectivity index (χ2n) is 5.41. The molecule has 2 aromatic rings. The average molecular weight is 334 g/mol. The molecule has 0 bridgehead atoms. The third-order valence-electron chi connectivity index (χ3n) is 3.50. The molecule has 0 atom stereocenters. The third kappa shape index (κ3) is 5.40. The molecule has 2 N–H and O–H groups in total. The predicted molar refractivity (Wildman–Crippen MR) is 88.4 cm³/mol. The molecule has 0 aliphatic heterocycles. The molecule has 1 amide bonds. The zero-order chi connectivity index (χ0) is 17.4. The summed E-state index contributed by atoms with van der Waals surface area (Å²) in [5.41, 5.74) is 0.574. The van der Waals surface area contributed by atoms with Crippen LogP contribution in [-0.2, 0) is 11.3 Å². The Morgan fingerprint density at radius 2 is 1.71 bits per heavy atom. The minimum Gasteiger partial charge on any atom is -0.396 e. The van der Waals surface area contributed by atoms with E-state index in [-0.39, 0.29) is 31.2 Å². The Balaban J connectivity index is 2.01. The zero-order valence-corrected chi connectivity index (χ0v) is 13.2. The molecule has 0 saturated heterocycles. The summed E-state index contributed by atoms with van der Waals surface area (Å²) in [4.78, 5) is 13.9. The lowest BCUT2D eigenvalue weighted by atomic mass is 10.2. The molecule has 0 aliphatic rings. The van der Waals surface area contributed by atoms with Gasteiger partial charge in [-0.15, -0.1) is 0 Å². The molecule has 2 rings (SSSR count). The maximum atomic E-state index is 13.8. The van der Waals surface area contributed by atoms with Crippen LogP contribution >= 0.6 is 0 Å². The van der Waals surface area contributed by atoms with E-state index >= 15 is 0 Å². The van der Waals surface area contributed by atoms with Gasteiger partial charge in [0.1, 0.15) is 11.6 Å². The highest BCUT2D eigenvalue weighted by atomic mass is 19.1. The van der Waals surface area contributed by atoms with Crippen LogP contribution < -0.4 is 5.32 Å². The van der Waals surface area contributed by atoms with E-state index in [4.69, 9.17) is 5.11 Å². The van der Waals surface area contributed by atoms with Crippen molar-refractivity contribution in [1.29, 1.82) is 0 Å². The molecule has 0 spiro atoms. The fourth-order valence-corrected chi connectivity index (χ4v) is 2.33. The molecular weight excluding hydrogens is 314 g/mol. The van der Waals surface area contributed by atoms with E-state index in [1.54, 1.807) is 29.2 Å². The van der Waals surface area contributed by atoms with Gasteiger partial charge in [-0.3, -0.25) is 9.69 Å². The summed E-state index contributed by atoms with van der Waals surface area (Å²) in [7, 11) is 0. The number of halogens is 2. The normalized spacial score (nSPS) is 10.8. The first-order valence-corrected chi connectivity index (χ1v) is 7.71. The fraction of sp³-hybridized carbons (Fsp3) is 0.278. The van der Waals surface area contributed by atoms with Crippen molar-refractivity contribution < 1.29 is 18.7 Å². The van der Waals surface area contributed by atoms with Crippen LogP contribution in [0.4, 0.5) is 14.5 Å². The van der Waals surface area contributed by atoms with Gasteiger partial charge in [0.25, 0.3) is 0 Å². The van der Waals surface area contributed by atoms with Crippen molar-refractivity contribution in [3.05, 3.63) is 65.7 Å². The van der Waals surface area contributed by atoms with Crippen LogP contribution in [0.3, 0.4) is 0 Å². The van der Waals surface area contributed by atoms with Crippen molar-refractivity contribution in [3.63, 3.8) is 0 Å². The van der Waals surface area contributed by atoms with Crippen molar-refractivity contribution in [2.24, 2.45) is 0 Å². The second-order valence-corrected chi connectivity index (χ2v) is 5.41. The molecule has 6 heteroatoms. The number of carbonyl (C=O) groups is 1. The van der Waals surface area contributed by atoms with Crippen molar-refractivity contribution in [2.75, 3.05) is 25.0 Å². The van der Waals surface area contributed by atoms with Crippen LogP contribution in [0, 0.1) is 11.6 Å². The van der Waals surface area contributed by atoms with Gasteiger partial charge in [-0.05, 0) is 24.6 Å². The Morgan fingerprint density at radius 3 is 2.38 bits per heavy atom. The molecule has 128 valence electrons. The number of nitrogens with one attached hydrogen (secondary N) is 1. The van der Waals surface area contributed by atoms with E-state index in [2.05, 4.69) is 5.32 Å². The second kappa shape index (κ2) is 9.10. The number of anilines is 1. The number of para-hydroxylation sites is 1. The summed E-state index contributed by atoms with van der Waals surface area (Å²) in [5, 5.41) is 11.5. The van der Waals surface area contributed by atoms with Crippen molar-refractivity contribution in [3.8, 4) is 0 Å². The Kier molecular flexibility index (Phi) is 6.84. The lowest BCUT2D eigenvalue weighted by Crippen LogP contribution is -2.34. The maximum Gasteiger partial charge on any atom is 0.238 e. The number of carbonyl (C=O) groups excluding carboxylic acids is 1. The van der Waals surface area contributed by atoms with Crippen LogP contribution in [0.5, 0.6) is 0 Å². The van der Waals surface area contributed by atoms with Gasteiger partial charge in [0.15, 0.2) is 0 Å². The van der Waals surface area contributed by atoms with Gasteiger partial charge in [0, 0.05) is 25.3 Å². The molecule has 24 heavy (non-hydrogen) atoms. The summed E-state index contributed by atoms with van der Waals surface area (Å²) in [6.45, 7) is 0.609. The summed E-state index contributed by atoms with van der Waals surface area (Å²) in [6, 6.07) is 12.2. The minimum atomic E-state index is -0.512. The van der Waals surface area contributed by atoms with Gasteiger partial charge in [-0.25, -0.2) is 8.78 Å². The van der Waals surface area contributed by atoms with Crippen molar-refractivity contribution in [2.45, 2.75) is 13.0 Å². The van der Waals surface area contributed by atoms with Crippen LogP contribution in [-0.4, -0.2) is 35.6 Å². The first kappa shape index (κ1) is 18.0. The summed E-state index contributed by atoms with van der Waals surface area (Å²) < 4.78 is 27.4. The number of aliphatic hydroxyl groups excluding tert-OH is 1. The number of nitrogens with zero attached hydrogens (tertiary/aromatic N) is 1. The zero-order valence-electron chi connectivity index (χ0n) is 13.2. The lowest BCUT2D eigenvalue weighted by Gasteiger charge is -2.22. The van der Waals surface area contributed by atoms with E-state index in [0.717, 1.165) is 0 Å². The number of rotatable bonds is 8. The molecular formula is C18H20F2N2O2. The quantitative estimate of drug-likeness (QED) is 0.780. The van der Waals surface area contributed by atoms with Gasteiger partial charge in [0.2, 0.25) is 5.91 Å². The molecule has 0 radical (unpaired) electrons. The highest BCUT2D eigenvalue weighted by molar-refractivity contribution is 5.92. The van der Waals surface area contributed by atoms with Gasteiger partial charge in [-0.1, -0.05) is 30.3 Å². The maximum absolute atomic E-state index is 13.8. The van der Waals surface area contributed by atoms with Gasteiger partial charge >= 0.3 is 0 Å². The molecule has 4 nitrogen and oxygen atoms in total. The van der Waals surface area contributed by atoms with Crippen LogP contribution in [0.2, 0.25) is 0 Å². The number of hydrogen-bond acceptors (Lipinski definition) is 3. The monoisotopic (exact) mass is 334 g/mol. The molecule has 0 unspecified atom stereocenters. The van der Waals surface area contributed by atoms with E-state index in [9.17, 15) is 13.6 Å². The molecule has 0 heterocycles. The molecule has 0 fully saturated rings. The molecule has 0 aliphatic carbocycles. The lowest BCUT2D eigenvalue weighted by molar-refractivity contribution is -0.117. The standard InChI is InChI=1S/C18H20F2N2O2/c19-15-7-2-1-6-14(15)12-22(10-5-11-23)13-18(24)21-17-9-4-3-8-16(17)20/h1-4,6-9,23H,5,10-13H2,(H,21,24). The largest absolute Gasteiger partial charge is 0.396 e. The predicted octanol–water partition coefficient (Wildman–Crippen LogP) is 2.79. The average Bonchev–Trinajstić information content (AvgIpc) is 2.57. The van der Waals surface area contributed by atoms with E-state index in [0.29, 0.717) is 18.5 Å². The number of amides is 1. The Hall–Kier alpha value is -2.31. The first-order chi connectivity index (χ1) is 11.6. The molecule has 0 aromatic heterocycles. The number of aliphatic hydroxyl groups is 1. The highest BCUT2D eigenvalue weighted by Crippen LogP contribution is 2.13. The minimum absolute atomic E-state index is 0.0251. The summed E-state index contributed by atoms with van der Waals surface area (Å²) in [6.07, 6.45) is 0.460. The fourth-order valence-electron chi connectivity index (χ4n) is 2.33. The Bertz CT molecular complexity index is 680. The number of benzene rings is 2. The van der Waals surface area contributed by atoms with Crippen LogP contribution in [0.15, 0.2) is 48.5 Å². The smallest absolute Gasteiger partial charge is 0.238 e. The summed E-state index contributed by atoms with van der Waals surface area (Å²) in [5.74, 6) is -1.25. The van der Waals surface area contributed by atoms with Crippen LogP contribution in [0.1, 0.15) is 12.0 Å². The number of hydrogen-bond donors (Lipinski definition) is 2. The van der Waals surface area contributed by atoms with E-state index in [1.807, 2.05) is 0 Å². The first-order valence-electron chi connectivity index (χ1n) is 7.71. The van der Waals surface area contributed by atoms with Gasteiger partial charge in [-0.2, -0.15) is 0 Å². The van der Waals surface area contributed by atoms with Gasteiger partial charge in [0.05, 0.1) is 12.2 Å². The Labute approximate surface area is 139 Å². The highest BCUT2D eigenvalue weighted by Gasteiger charge is 2.14. The SMILES string of the molecule is O=C(CN(CCCO)Cc1ccccc1F)Nc1ccccc1F. The van der Waals surface area contributed by atoms with Gasteiger partial charge < -0.3 is 10.4 Å². The Morgan fingerprint density at radius 1 is 1.04 bits per heavy atom. The third-order valence-corrected chi connectivity index (χ3v) is 3.50. The molecule has 2 aromatic carbocycles. The van der Waals surface area contributed by atoms with Crippen LogP contribution in [0.25, 0.3) is 0 Å². The van der Waals surface area contributed by atoms with Crippen molar-refractivity contribution in [1.82, 2.24) is 4.90 Å². The topological polar surface area (TPSA) is 52.6 Å². The van der Waals surface area contributed by atoms with Crippen molar-refractivity contribution >= 4 is 11.6 Å².